The molecule has 0 radical (unpaired) electrons. The minimum atomic E-state index is -0.746. The highest BCUT2D eigenvalue weighted by Crippen LogP contribution is 2.36. The largest absolute Gasteiger partial charge is 0.387 e. The first-order chi connectivity index (χ1) is 6.72. The van der Waals surface area contributed by atoms with Gasteiger partial charge in [-0.1, -0.05) is 16.5 Å². The summed E-state index contributed by atoms with van der Waals surface area (Å²) in [6, 6.07) is -0.382. The van der Waals surface area contributed by atoms with Crippen LogP contribution in [0.1, 0.15) is 23.1 Å². The van der Waals surface area contributed by atoms with E-state index in [-0.39, 0.29) is 6.04 Å². The van der Waals surface area contributed by atoms with E-state index in [0.29, 0.717) is 18.0 Å². The minimum absolute atomic E-state index is 0.382. The molecule has 1 heterocycles. The smallest absolute Gasteiger partial charge is 0.180 e. The molecule has 2 atom stereocenters. The molecule has 2 unspecified atom stereocenters. The first-order valence-corrected chi connectivity index (χ1v) is 5.01. The fraction of sp³-hybridized carbons (Fsp3) is 0.571. The Labute approximate surface area is 84.0 Å². The van der Waals surface area contributed by atoms with E-state index >= 15 is 0 Å². The lowest BCUT2D eigenvalue weighted by Gasteiger charge is -2.22. The van der Waals surface area contributed by atoms with Gasteiger partial charge in [-0.15, -0.1) is 0 Å². The van der Waals surface area contributed by atoms with Crippen LogP contribution in [0.15, 0.2) is 5.11 Å². The Kier molecular flexibility index (Phi) is 2.28. The Hall–Kier alpha value is -1.30. The molecular formula is C7H9N5OS. The number of hydrogen-bond donors (Lipinski definition) is 2. The molecule has 0 amide bonds. The fourth-order valence-electron chi connectivity index (χ4n) is 1.60. The molecule has 1 aromatic heterocycles. The van der Waals surface area contributed by atoms with Gasteiger partial charge in [-0.25, -0.2) is 4.98 Å². The first-order valence-electron chi connectivity index (χ1n) is 4.19. The molecule has 1 aliphatic carbocycles. The van der Waals surface area contributed by atoms with Crippen LogP contribution in [-0.4, -0.2) is 16.1 Å². The lowest BCUT2D eigenvalue weighted by molar-refractivity contribution is 0.137. The summed E-state index contributed by atoms with van der Waals surface area (Å²) < 4.78 is 0. The average molecular weight is 211 g/mol. The number of anilines is 1. The summed E-state index contributed by atoms with van der Waals surface area (Å²) in [5, 5.41) is 13.8. The van der Waals surface area contributed by atoms with E-state index in [1.54, 1.807) is 0 Å². The number of fused-ring (bicyclic) bond motifs is 1. The van der Waals surface area contributed by atoms with Crippen molar-refractivity contribution in [2.75, 3.05) is 5.73 Å². The molecule has 0 spiro atoms. The Morgan fingerprint density at radius 1 is 1.71 bits per heavy atom. The van der Waals surface area contributed by atoms with Crippen LogP contribution in [0, 0.1) is 0 Å². The van der Waals surface area contributed by atoms with Crippen LogP contribution >= 0.6 is 11.3 Å². The molecule has 0 aliphatic heterocycles. The zero-order chi connectivity index (χ0) is 10.1. The molecular weight excluding hydrogens is 202 g/mol. The van der Waals surface area contributed by atoms with E-state index in [0.717, 1.165) is 10.6 Å². The molecule has 0 aromatic carbocycles. The molecule has 0 bridgehead atoms. The highest BCUT2D eigenvalue weighted by molar-refractivity contribution is 7.15. The zero-order valence-corrected chi connectivity index (χ0v) is 8.11. The maximum absolute atomic E-state index is 9.82. The summed E-state index contributed by atoms with van der Waals surface area (Å²) in [6.45, 7) is 0. The van der Waals surface area contributed by atoms with Gasteiger partial charge in [-0.05, 0) is 18.4 Å². The van der Waals surface area contributed by atoms with Crippen LogP contribution < -0.4 is 5.73 Å². The number of aliphatic hydroxyl groups is 1. The number of nitrogens with zero attached hydrogens (tertiary/aromatic N) is 4. The number of thiazole rings is 1. The number of aryl methyl sites for hydroxylation is 1. The molecule has 0 saturated carbocycles. The van der Waals surface area contributed by atoms with Crippen LogP contribution in [0.5, 0.6) is 0 Å². The number of nitrogen functional groups attached to an aromatic ring is 1. The highest BCUT2D eigenvalue weighted by Gasteiger charge is 2.30. The molecule has 7 heteroatoms. The number of nitrogens with two attached hydrogens (primary N) is 1. The van der Waals surface area contributed by atoms with Gasteiger partial charge in [0.25, 0.3) is 0 Å². The SMILES string of the molecule is [N-]=[N+]=NC1CCc2nc(N)sc2C1O. The molecule has 3 N–H and O–H groups in total. The van der Waals surface area contributed by atoms with Gasteiger partial charge in [0.05, 0.1) is 22.7 Å². The molecule has 0 saturated heterocycles. The predicted octanol–water partition coefficient (Wildman–Crippen LogP) is 1.38. The van der Waals surface area contributed by atoms with Crippen LogP contribution in [0.4, 0.5) is 5.13 Å². The second-order valence-corrected chi connectivity index (χ2v) is 4.18. The van der Waals surface area contributed by atoms with E-state index in [1.165, 1.54) is 11.3 Å². The second kappa shape index (κ2) is 3.45. The van der Waals surface area contributed by atoms with Crippen molar-refractivity contribution in [3.8, 4) is 0 Å². The van der Waals surface area contributed by atoms with Crippen LogP contribution in [0.25, 0.3) is 10.4 Å². The summed E-state index contributed by atoms with van der Waals surface area (Å²) in [7, 11) is 0. The maximum atomic E-state index is 9.82. The maximum Gasteiger partial charge on any atom is 0.180 e. The van der Waals surface area contributed by atoms with E-state index in [4.69, 9.17) is 11.3 Å². The molecule has 74 valence electrons. The Morgan fingerprint density at radius 2 is 2.50 bits per heavy atom. The van der Waals surface area contributed by atoms with Gasteiger partial charge in [0.2, 0.25) is 0 Å². The number of azide groups is 1. The molecule has 14 heavy (non-hydrogen) atoms. The lowest BCUT2D eigenvalue weighted by atomic mass is 9.96. The summed E-state index contributed by atoms with van der Waals surface area (Å²) in [5.74, 6) is 0. The predicted molar refractivity (Wildman–Crippen MR) is 52.7 cm³/mol. The standard InChI is InChI=1S/C7H9N5OS/c8-7-10-4-2-1-3(11-12-9)5(13)6(4)14-7/h3,5,13H,1-2H2,(H2,8,10). The minimum Gasteiger partial charge on any atom is -0.387 e. The van der Waals surface area contributed by atoms with Crippen molar-refractivity contribution in [2.24, 2.45) is 5.11 Å². The van der Waals surface area contributed by atoms with Gasteiger partial charge < -0.3 is 10.8 Å². The van der Waals surface area contributed by atoms with Crippen LogP contribution in [0.2, 0.25) is 0 Å². The van der Waals surface area contributed by atoms with E-state index in [9.17, 15) is 5.11 Å². The van der Waals surface area contributed by atoms with Crippen molar-refractivity contribution in [2.45, 2.75) is 25.0 Å². The lowest BCUT2D eigenvalue weighted by Crippen LogP contribution is -2.21. The first kappa shape index (κ1) is 9.26. The molecule has 2 rings (SSSR count). The van der Waals surface area contributed by atoms with Gasteiger partial charge in [0.1, 0.15) is 0 Å². The van der Waals surface area contributed by atoms with Gasteiger partial charge in [-0.2, -0.15) is 0 Å². The monoisotopic (exact) mass is 211 g/mol. The summed E-state index contributed by atoms with van der Waals surface area (Å²) in [5.41, 5.74) is 14.7. The molecule has 0 fully saturated rings. The number of rotatable bonds is 1. The molecule has 6 nitrogen and oxygen atoms in total. The van der Waals surface area contributed by atoms with Crippen molar-refractivity contribution in [1.29, 1.82) is 0 Å². The van der Waals surface area contributed by atoms with Crippen LogP contribution in [0.3, 0.4) is 0 Å². The van der Waals surface area contributed by atoms with Crippen LogP contribution in [-0.2, 0) is 6.42 Å². The number of aromatic nitrogens is 1. The summed E-state index contributed by atoms with van der Waals surface area (Å²) in [4.78, 5) is 7.55. The van der Waals surface area contributed by atoms with Gasteiger partial charge in [0.15, 0.2) is 5.13 Å². The summed E-state index contributed by atoms with van der Waals surface area (Å²) in [6.07, 6.45) is 0.593. The third-order valence-electron chi connectivity index (χ3n) is 2.25. The molecule has 1 aromatic rings. The Balaban J connectivity index is 2.35. The molecule has 1 aliphatic rings. The van der Waals surface area contributed by atoms with E-state index < -0.39 is 6.10 Å². The quantitative estimate of drug-likeness (QED) is 0.416. The zero-order valence-electron chi connectivity index (χ0n) is 7.29. The second-order valence-electron chi connectivity index (χ2n) is 3.12. The van der Waals surface area contributed by atoms with Crippen molar-refractivity contribution in [3.63, 3.8) is 0 Å². The van der Waals surface area contributed by atoms with Gasteiger partial charge in [-0.3, -0.25) is 0 Å². The normalized spacial score (nSPS) is 25.2. The van der Waals surface area contributed by atoms with Gasteiger partial charge in [0, 0.05) is 4.91 Å². The Morgan fingerprint density at radius 3 is 3.21 bits per heavy atom. The third kappa shape index (κ3) is 1.41. The Bertz CT molecular complexity index is 397. The van der Waals surface area contributed by atoms with Crippen molar-refractivity contribution >= 4 is 16.5 Å². The van der Waals surface area contributed by atoms with Gasteiger partial charge >= 0.3 is 0 Å². The van der Waals surface area contributed by atoms with Crippen molar-refractivity contribution in [3.05, 3.63) is 21.0 Å². The third-order valence-corrected chi connectivity index (χ3v) is 3.25. The number of aliphatic hydroxyl groups excluding tert-OH is 1. The van der Waals surface area contributed by atoms with Crippen molar-refractivity contribution < 1.29 is 5.11 Å². The number of hydrogen-bond acceptors (Lipinski definition) is 5. The fourth-order valence-corrected chi connectivity index (χ4v) is 2.52. The average Bonchev–Trinajstić information content (AvgIpc) is 2.52. The van der Waals surface area contributed by atoms with Crippen molar-refractivity contribution in [1.82, 2.24) is 4.98 Å². The van der Waals surface area contributed by atoms with E-state index in [2.05, 4.69) is 15.0 Å². The van der Waals surface area contributed by atoms with E-state index in [1.807, 2.05) is 0 Å². The topological polar surface area (TPSA) is 108 Å². The highest BCUT2D eigenvalue weighted by atomic mass is 32.1. The summed E-state index contributed by atoms with van der Waals surface area (Å²) >= 11 is 1.26.